The van der Waals surface area contributed by atoms with E-state index in [1.807, 2.05) is 60.2 Å². The van der Waals surface area contributed by atoms with Gasteiger partial charge in [0, 0.05) is 37.3 Å². The van der Waals surface area contributed by atoms with Crippen molar-refractivity contribution in [2.75, 3.05) is 24.5 Å². The lowest BCUT2D eigenvalue weighted by molar-refractivity contribution is -0.126. The fourth-order valence-corrected chi connectivity index (χ4v) is 6.60. The average Bonchev–Trinajstić information content (AvgIpc) is 3.56. The summed E-state index contributed by atoms with van der Waals surface area (Å²) < 4.78 is 2.82. The molecule has 3 N–H and O–H groups in total. The van der Waals surface area contributed by atoms with Crippen LogP contribution in [0.1, 0.15) is 74.3 Å². The van der Waals surface area contributed by atoms with Crippen molar-refractivity contribution in [1.82, 2.24) is 20.0 Å². The third-order valence-corrected chi connectivity index (χ3v) is 8.95. The van der Waals surface area contributed by atoms with Crippen molar-refractivity contribution in [2.45, 2.75) is 77.8 Å². The van der Waals surface area contributed by atoms with Gasteiger partial charge in [-0.05, 0) is 99.4 Å². The number of hydrogen-bond acceptors (Lipinski definition) is 5. The van der Waals surface area contributed by atoms with Gasteiger partial charge in [0.1, 0.15) is 12.2 Å². The van der Waals surface area contributed by atoms with Gasteiger partial charge in [-0.3, -0.25) is 14.4 Å². The molecule has 222 valence electrons. The highest BCUT2D eigenvalue weighted by atomic mass is 35.5. The van der Waals surface area contributed by atoms with Gasteiger partial charge in [0.25, 0.3) is 5.91 Å². The van der Waals surface area contributed by atoms with Gasteiger partial charge in [0.2, 0.25) is 11.8 Å². The van der Waals surface area contributed by atoms with E-state index in [1.165, 1.54) is 0 Å². The molecule has 2 aromatic heterocycles. The number of aryl methyl sites for hydroxylation is 1. The molecule has 1 aromatic carbocycles. The first kappa shape index (κ1) is 31.1. The number of anilines is 1. The van der Waals surface area contributed by atoms with E-state index in [0.717, 1.165) is 79.4 Å². The Morgan fingerprint density at radius 2 is 1.78 bits per heavy atom. The molecule has 4 rings (SSSR count). The van der Waals surface area contributed by atoms with Crippen LogP contribution in [0.2, 0.25) is 0 Å². The minimum atomic E-state index is -0.169. The molecule has 10 heteroatoms. The van der Waals surface area contributed by atoms with Crippen LogP contribution >= 0.6 is 23.1 Å². The maximum absolute atomic E-state index is 13.5. The number of halogens is 1. The second-order valence-electron chi connectivity index (χ2n) is 10.9. The number of nitrogens with one attached hydrogen (secondary N) is 3. The Kier molecular flexibility index (Phi) is 11.7. The predicted molar refractivity (Wildman–Crippen MR) is 168 cm³/mol. The highest BCUT2D eigenvalue weighted by Crippen LogP contribution is 2.28. The van der Waals surface area contributed by atoms with Crippen LogP contribution in [-0.2, 0) is 16.1 Å². The average molecular weight is 600 g/mol. The van der Waals surface area contributed by atoms with Gasteiger partial charge in [-0.2, -0.15) is 0 Å². The number of fused-ring (bicyclic) bond motifs is 1. The number of carbonyl (C=O) groups is 3. The van der Waals surface area contributed by atoms with E-state index in [4.69, 9.17) is 11.8 Å². The van der Waals surface area contributed by atoms with Crippen LogP contribution in [0, 0.1) is 12.8 Å². The van der Waals surface area contributed by atoms with Crippen LogP contribution in [0.4, 0.5) is 5.69 Å². The SMILES string of the molecule is CCN(C(=O)Cn1c(C(=O)NC2CCC(C(=O)NCCCCCCNCl)CC2)cc2sccc21)c1cccc(C)c1. The predicted octanol–water partition coefficient (Wildman–Crippen LogP) is 5.77. The van der Waals surface area contributed by atoms with E-state index in [0.29, 0.717) is 18.8 Å². The quantitative estimate of drug-likeness (QED) is 0.162. The standard InChI is InChI=1S/C31H42ClN5O3S/c1-3-36(25-10-8-9-22(2)19-25)29(38)21-37-26-15-18-41-28(26)20-27(37)31(40)35-24-13-11-23(12-14-24)30(39)33-16-6-4-5-7-17-34-32/h8-10,15,18-20,23-24,34H,3-7,11-14,16-17,21H2,1-2H3,(H,33,39)(H,35,40). The van der Waals surface area contributed by atoms with Crippen LogP contribution in [-0.4, -0.2) is 48.0 Å². The zero-order chi connectivity index (χ0) is 29.2. The first-order chi connectivity index (χ1) is 19.9. The Balaban J connectivity index is 1.31. The molecule has 1 fully saturated rings. The summed E-state index contributed by atoms with van der Waals surface area (Å²) in [5, 5.41) is 8.26. The molecule has 0 spiro atoms. The molecule has 8 nitrogen and oxygen atoms in total. The smallest absolute Gasteiger partial charge is 0.268 e. The van der Waals surface area contributed by atoms with Crippen LogP contribution < -0.4 is 20.4 Å². The fraction of sp³-hybridized carbons (Fsp3) is 0.516. The number of amides is 3. The minimum Gasteiger partial charge on any atom is -0.356 e. The lowest BCUT2D eigenvalue weighted by Gasteiger charge is -2.28. The molecule has 0 atom stereocenters. The van der Waals surface area contributed by atoms with E-state index < -0.39 is 0 Å². The zero-order valence-electron chi connectivity index (χ0n) is 24.1. The number of nitrogens with zero attached hydrogens (tertiary/aromatic N) is 2. The Bertz CT molecular complexity index is 1310. The first-order valence-electron chi connectivity index (χ1n) is 14.8. The summed E-state index contributed by atoms with van der Waals surface area (Å²) in [5.41, 5.74) is 3.35. The lowest BCUT2D eigenvalue weighted by atomic mass is 9.85. The van der Waals surface area contributed by atoms with Crippen molar-refractivity contribution < 1.29 is 14.4 Å². The summed E-state index contributed by atoms with van der Waals surface area (Å²) in [6.45, 7) is 6.11. The molecule has 3 aromatic rings. The van der Waals surface area contributed by atoms with E-state index >= 15 is 0 Å². The number of unbranched alkanes of at least 4 members (excludes halogenated alkanes) is 3. The Hall–Kier alpha value is -2.88. The summed E-state index contributed by atoms with van der Waals surface area (Å²) >= 11 is 7.03. The largest absolute Gasteiger partial charge is 0.356 e. The number of thiophene rings is 1. The maximum atomic E-state index is 13.5. The van der Waals surface area contributed by atoms with Gasteiger partial charge in [-0.15, -0.1) is 11.3 Å². The number of hydrogen-bond donors (Lipinski definition) is 3. The lowest BCUT2D eigenvalue weighted by Crippen LogP contribution is -2.42. The topological polar surface area (TPSA) is 95.5 Å². The Morgan fingerprint density at radius 1 is 1.02 bits per heavy atom. The summed E-state index contributed by atoms with van der Waals surface area (Å²) in [6, 6.07) is 11.8. The molecule has 1 saturated carbocycles. The van der Waals surface area contributed by atoms with Crippen molar-refractivity contribution in [1.29, 1.82) is 0 Å². The molecule has 2 heterocycles. The van der Waals surface area contributed by atoms with Crippen LogP contribution in [0.25, 0.3) is 10.2 Å². The van der Waals surface area contributed by atoms with Crippen molar-refractivity contribution in [3.8, 4) is 0 Å². The van der Waals surface area contributed by atoms with E-state index in [-0.39, 0.29) is 36.2 Å². The van der Waals surface area contributed by atoms with Crippen molar-refractivity contribution in [2.24, 2.45) is 5.92 Å². The third-order valence-electron chi connectivity index (χ3n) is 7.91. The number of carbonyl (C=O) groups excluding carboxylic acids is 3. The summed E-state index contributed by atoms with van der Waals surface area (Å²) in [4.78, 5) is 44.0. The molecule has 0 radical (unpaired) electrons. The number of benzene rings is 1. The highest BCUT2D eigenvalue weighted by Gasteiger charge is 2.28. The zero-order valence-corrected chi connectivity index (χ0v) is 25.7. The Morgan fingerprint density at radius 3 is 2.49 bits per heavy atom. The van der Waals surface area contributed by atoms with Crippen molar-refractivity contribution >= 4 is 56.7 Å². The minimum absolute atomic E-state index is 0.00271. The molecule has 41 heavy (non-hydrogen) atoms. The summed E-state index contributed by atoms with van der Waals surface area (Å²) in [5.74, 6) is -0.109. The number of aromatic nitrogens is 1. The van der Waals surface area contributed by atoms with Crippen molar-refractivity contribution in [3.63, 3.8) is 0 Å². The molecule has 0 aliphatic heterocycles. The van der Waals surface area contributed by atoms with Crippen LogP contribution in [0.5, 0.6) is 0 Å². The van der Waals surface area contributed by atoms with Crippen LogP contribution in [0.3, 0.4) is 0 Å². The second-order valence-corrected chi connectivity index (χ2v) is 12.1. The van der Waals surface area contributed by atoms with Gasteiger partial charge in [0.15, 0.2) is 0 Å². The first-order valence-corrected chi connectivity index (χ1v) is 16.0. The molecule has 0 saturated heterocycles. The second kappa shape index (κ2) is 15.4. The Labute approximate surface area is 251 Å². The molecule has 0 bridgehead atoms. The molecular formula is C31H42ClN5O3S. The van der Waals surface area contributed by atoms with Crippen molar-refractivity contribution in [3.05, 3.63) is 53.0 Å². The van der Waals surface area contributed by atoms with E-state index in [2.05, 4.69) is 15.5 Å². The van der Waals surface area contributed by atoms with E-state index in [9.17, 15) is 14.4 Å². The maximum Gasteiger partial charge on any atom is 0.268 e. The molecule has 1 aliphatic carbocycles. The number of likely N-dealkylation sites (N-methyl/N-ethyl adjacent to an activating group) is 1. The molecule has 0 unspecified atom stereocenters. The van der Waals surface area contributed by atoms with Gasteiger partial charge in [-0.1, -0.05) is 25.0 Å². The summed E-state index contributed by atoms with van der Waals surface area (Å²) in [6.07, 6.45) is 7.23. The van der Waals surface area contributed by atoms with Gasteiger partial charge in [0.05, 0.1) is 10.2 Å². The molecule has 3 amide bonds. The highest BCUT2D eigenvalue weighted by molar-refractivity contribution is 7.17. The fourth-order valence-electron chi connectivity index (χ4n) is 5.64. The molecular weight excluding hydrogens is 558 g/mol. The van der Waals surface area contributed by atoms with Crippen LogP contribution in [0.15, 0.2) is 41.8 Å². The third kappa shape index (κ3) is 8.33. The molecule has 1 aliphatic rings. The monoisotopic (exact) mass is 599 g/mol. The van der Waals surface area contributed by atoms with Gasteiger partial charge >= 0.3 is 0 Å². The van der Waals surface area contributed by atoms with Gasteiger partial charge in [-0.25, -0.2) is 4.84 Å². The normalized spacial score (nSPS) is 17.0. The van der Waals surface area contributed by atoms with Gasteiger partial charge < -0.3 is 20.1 Å². The van der Waals surface area contributed by atoms with E-state index in [1.54, 1.807) is 16.2 Å². The summed E-state index contributed by atoms with van der Waals surface area (Å²) in [7, 11) is 0. The number of rotatable bonds is 14.